The van der Waals surface area contributed by atoms with Crippen molar-refractivity contribution < 1.29 is 22.8 Å². The maximum atomic E-state index is 13.4. The predicted molar refractivity (Wildman–Crippen MR) is 105 cm³/mol. The first-order chi connectivity index (χ1) is 13.3. The number of carbonyl (C=O) groups excluding carboxylic acids is 2. The molecule has 1 atom stereocenters. The lowest BCUT2D eigenvalue weighted by Crippen LogP contribution is -2.59. The van der Waals surface area contributed by atoms with Gasteiger partial charge < -0.3 is 15.5 Å². The van der Waals surface area contributed by atoms with E-state index >= 15 is 0 Å². The van der Waals surface area contributed by atoms with Gasteiger partial charge in [-0.15, -0.1) is 0 Å². The summed E-state index contributed by atoms with van der Waals surface area (Å²) in [6, 6.07) is 0.487. The highest BCUT2D eigenvalue weighted by Gasteiger charge is 2.38. The van der Waals surface area contributed by atoms with E-state index in [0.29, 0.717) is 19.4 Å². The molecule has 0 aliphatic carbocycles. The van der Waals surface area contributed by atoms with E-state index in [1.54, 1.807) is 27.7 Å². The van der Waals surface area contributed by atoms with Crippen molar-refractivity contribution in [1.29, 1.82) is 0 Å². The van der Waals surface area contributed by atoms with Crippen LogP contribution in [-0.4, -0.2) is 41.5 Å². The number of carbonyl (C=O) groups is 2. The van der Waals surface area contributed by atoms with Crippen LogP contribution in [0.5, 0.6) is 0 Å². The Kier molecular flexibility index (Phi) is 7.03. The lowest BCUT2D eigenvalue weighted by molar-refractivity contribution is -0.137. The fourth-order valence-corrected chi connectivity index (χ4v) is 3.21. The molecule has 6 nitrogen and oxygen atoms in total. The van der Waals surface area contributed by atoms with Crippen LogP contribution < -0.4 is 15.5 Å². The third kappa shape index (κ3) is 5.98. The number of pyridine rings is 1. The highest BCUT2D eigenvalue weighted by molar-refractivity contribution is 6.30. The van der Waals surface area contributed by atoms with E-state index < -0.39 is 23.2 Å². The molecule has 29 heavy (non-hydrogen) atoms. The summed E-state index contributed by atoms with van der Waals surface area (Å²) in [7, 11) is 0. The first-order valence-electron chi connectivity index (χ1n) is 9.42. The number of alkyl halides is 3. The average Bonchev–Trinajstić information content (AvgIpc) is 2.60. The van der Waals surface area contributed by atoms with Crippen LogP contribution in [0.1, 0.15) is 46.1 Å². The van der Waals surface area contributed by atoms with Gasteiger partial charge in [-0.25, -0.2) is 4.98 Å². The Morgan fingerprint density at radius 3 is 2.55 bits per heavy atom. The summed E-state index contributed by atoms with van der Waals surface area (Å²) in [6.07, 6.45) is -2.21. The molecule has 2 N–H and O–H groups in total. The summed E-state index contributed by atoms with van der Waals surface area (Å²) in [5, 5.41) is 5.43. The fourth-order valence-electron chi connectivity index (χ4n) is 3.05. The number of nitrogens with one attached hydrogen (secondary N) is 2. The van der Waals surface area contributed by atoms with Crippen LogP contribution in [-0.2, 0) is 15.8 Å². The van der Waals surface area contributed by atoms with Crippen molar-refractivity contribution in [2.45, 2.75) is 58.3 Å². The smallest absolute Gasteiger partial charge is 0.354 e. The fraction of sp³-hybridized carbons (Fsp3) is 0.632. The zero-order chi connectivity index (χ0) is 22.0. The SMILES string of the molecule is CC(C)C(=O)NC(C)(C)C(=O)NC1CCCN(c2ncc(Cl)cc2C(F)(F)F)C1. The standard InChI is InChI=1S/C19H26ClF3N4O2/c1-11(2)16(28)26-18(3,4)17(29)25-13-6-5-7-27(10-13)15-14(19(21,22)23)8-12(20)9-24-15/h8-9,11,13H,5-7,10H2,1-4H3,(H,25,29)(H,26,28). The van der Waals surface area contributed by atoms with Crippen LogP contribution in [0.2, 0.25) is 5.02 Å². The van der Waals surface area contributed by atoms with Crippen LogP contribution in [0.25, 0.3) is 0 Å². The first kappa shape index (κ1) is 23.3. The van der Waals surface area contributed by atoms with Gasteiger partial charge >= 0.3 is 6.18 Å². The van der Waals surface area contributed by atoms with Gasteiger partial charge in [0.1, 0.15) is 11.4 Å². The maximum Gasteiger partial charge on any atom is 0.420 e. The Morgan fingerprint density at radius 2 is 1.97 bits per heavy atom. The minimum atomic E-state index is -4.59. The molecule has 1 aliphatic heterocycles. The van der Waals surface area contributed by atoms with Gasteiger partial charge in [0, 0.05) is 31.2 Å². The molecular formula is C19H26ClF3N4O2. The summed E-state index contributed by atoms with van der Waals surface area (Å²) < 4.78 is 40.2. The normalized spacial score (nSPS) is 18.0. The van der Waals surface area contributed by atoms with E-state index in [0.717, 1.165) is 6.07 Å². The Labute approximate surface area is 173 Å². The molecular weight excluding hydrogens is 409 g/mol. The van der Waals surface area contributed by atoms with Crippen molar-refractivity contribution in [1.82, 2.24) is 15.6 Å². The number of anilines is 1. The number of amides is 2. The van der Waals surface area contributed by atoms with Crippen LogP contribution in [0.4, 0.5) is 19.0 Å². The number of nitrogens with zero attached hydrogens (tertiary/aromatic N) is 2. The second-order valence-corrected chi connectivity index (χ2v) is 8.49. The second kappa shape index (κ2) is 8.77. The second-order valence-electron chi connectivity index (χ2n) is 8.05. The zero-order valence-corrected chi connectivity index (χ0v) is 17.6. The van der Waals surface area contributed by atoms with Crippen LogP contribution in [0, 0.1) is 5.92 Å². The van der Waals surface area contributed by atoms with Crippen molar-refractivity contribution >= 4 is 29.2 Å². The van der Waals surface area contributed by atoms with E-state index in [2.05, 4.69) is 15.6 Å². The number of aromatic nitrogens is 1. The highest BCUT2D eigenvalue weighted by Crippen LogP contribution is 2.37. The van der Waals surface area contributed by atoms with Crippen molar-refractivity contribution in [2.75, 3.05) is 18.0 Å². The molecule has 1 saturated heterocycles. The van der Waals surface area contributed by atoms with Gasteiger partial charge in [0.05, 0.1) is 10.6 Å². The first-order valence-corrected chi connectivity index (χ1v) is 9.79. The van der Waals surface area contributed by atoms with E-state index in [-0.39, 0.29) is 35.3 Å². The third-order valence-corrected chi connectivity index (χ3v) is 4.93. The zero-order valence-electron chi connectivity index (χ0n) is 16.9. The highest BCUT2D eigenvalue weighted by atomic mass is 35.5. The number of halogens is 4. The predicted octanol–water partition coefficient (Wildman–Crippen LogP) is 3.39. The van der Waals surface area contributed by atoms with E-state index in [1.165, 1.54) is 11.1 Å². The Hall–Kier alpha value is -2.03. The Morgan fingerprint density at radius 1 is 1.31 bits per heavy atom. The lowest BCUT2D eigenvalue weighted by atomic mass is 9.99. The number of hydrogen-bond donors (Lipinski definition) is 2. The molecule has 162 valence electrons. The number of hydrogen-bond acceptors (Lipinski definition) is 4. The molecule has 0 saturated carbocycles. The van der Waals surface area contributed by atoms with E-state index in [4.69, 9.17) is 11.6 Å². The summed E-state index contributed by atoms with van der Waals surface area (Å²) in [4.78, 5) is 30.0. The minimum Gasteiger partial charge on any atom is -0.354 e. The topological polar surface area (TPSA) is 74.3 Å². The molecule has 0 aromatic carbocycles. The molecule has 0 bridgehead atoms. The molecule has 1 unspecified atom stereocenters. The lowest BCUT2D eigenvalue weighted by Gasteiger charge is -2.36. The molecule has 1 aromatic rings. The molecule has 1 aromatic heterocycles. The van der Waals surface area contributed by atoms with Crippen LogP contribution in [0.3, 0.4) is 0 Å². The molecule has 0 radical (unpaired) electrons. The van der Waals surface area contributed by atoms with Gasteiger partial charge in [0.25, 0.3) is 0 Å². The molecule has 2 rings (SSSR count). The van der Waals surface area contributed by atoms with Crippen LogP contribution in [0.15, 0.2) is 12.3 Å². The van der Waals surface area contributed by atoms with E-state index in [1.807, 2.05) is 0 Å². The van der Waals surface area contributed by atoms with Gasteiger partial charge in [0.15, 0.2) is 0 Å². The van der Waals surface area contributed by atoms with Gasteiger partial charge in [-0.05, 0) is 32.8 Å². The summed E-state index contributed by atoms with van der Waals surface area (Å²) in [5.41, 5.74) is -2.04. The Bertz CT molecular complexity index is 768. The molecule has 1 fully saturated rings. The van der Waals surface area contributed by atoms with Crippen molar-refractivity contribution in [3.05, 3.63) is 22.8 Å². The minimum absolute atomic E-state index is 0.0921. The molecule has 0 spiro atoms. The molecule has 2 heterocycles. The number of piperidine rings is 1. The maximum absolute atomic E-state index is 13.4. The van der Waals surface area contributed by atoms with E-state index in [9.17, 15) is 22.8 Å². The van der Waals surface area contributed by atoms with Gasteiger partial charge in [-0.1, -0.05) is 25.4 Å². The van der Waals surface area contributed by atoms with Crippen molar-refractivity contribution in [3.63, 3.8) is 0 Å². The summed E-state index contributed by atoms with van der Waals surface area (Å²) >= 11 is 5.70. The summed E-state index contributed by atoms with van der Waals surface area (Å²) in [5.74, 6) is -1.12. The average molecular weight is 435 g/mol. The molecule has 1 aliphatic rings. The monoisotopic (exact) mass is 434 g/mol. The summed E-state index contributed by atoms with van der Waals surface area (Å²) in [6.45, 7) is 7.19. The third-order valence-electron chi connectivity index (χ3n) is 4.72. The van der Waals surface area contributed by atoms with Gasteiger partial charge in [-0.2, -0.15) is 13.2 Å². The van der Waals surface area contributed by atoms with Gasteiger partial charge in [0.2, 0.25) is 11.8 Å². The van der Waals surface area contributed by atoms with Gasteiger partial charge in [-0.3, -0.25) is 9.59 Å². The quantitative estimate of drug-likeness (QED) is 0.745. The van der Waals surface area contributed by atoms with Crippen molar-refractivity contribution in [3.8, 4) is 0 Å². The number of rotatable bonds is 5. The van der Waals surface area contributed by atoms with Crippen LogP contribution >= 0.6 is 11.6 Å². The van der Waals surface area contributed by atoms with Crippen molar-refractivity contribution in [2.24, 2.45) is 5.92 Å². The molecule has 2 amide bonds. The Balaban J connectivity index is 2.12. The largest absolute Gasteiger partial charge is 0.420 e. The molecule has 10 heteroatoms.